The molecular formula is C16H24N4O2S2. The third-order valence-electron chi connectivity index (χ3n) is 4.44. The zero-order valence-corrected chi connectivity index (χ0v) is 15.8. The molecule has 8 heteroatoms. The second-order valence-corrected chi connectivity index (χ2v) is 9.77. The first kappa shape index (κ1) is 17.6. The fourth-order valence-corrected chi connectivity index (χ4v) is 4.51. The van der Waals surface area contributed by atoms with E-state index in [0.717, 1.165) is 48.4 Å². The molecule has 0 aliphatic carbocycles. The van der Waals surface area contributed by atoms with Crippen LogP contribution in [0.2, 0.25) is 0 Å². The fraction of sp³-hybridized carbons (Fsp3) is 0.625. The molecule has 1 fully saturated rings. The van der Waals surface area contributed by atoms with E-state index in [2.05, 4.69) is 33.2 Å². The number of aryl methyl sites for hydroxylation is 1. The molecule has 6 nitrogen and oxygen atoms in total. The van der Waals surface area contributed by atoms with Crippen molar-refractivity contribution in [3.63, 3.8) is 0 Å². The smallest absolute Gasteiger partial charge is 0.148 e. The molecule has 0 spiro atoms. The van der Waals surface area contributed by atoms with Gasteiger partial charge in [-0.15, -0.1) is 11.3 Å². The van der Waals surface area contributed by atoms with Gasteiger partial charge in [0.25, 0.3) is 0 Å². The predicted octanol–water partition coefficient (Wildman–Crippen LogP) is 2.17. The van der Waals surface area contributed by atoms with Gasteiger partial charge in [-0.05, 0) is 25.3 Å². The number of thiophene rings is 1. The SMILES string of the molecule is CCc1cc2c(NC3CCN(CCS(C)(=O)=O)CC3)ncnc2s1. The highest BCUT2D eigenvalue weighted by atomic mass is 32.2. The van der Waals surface area contributed by atoms with Crippen LogP contribution in [-0.2, 0) is 16.3 Å². The van der Waals surface area contributed by atoms with Crippen molar-refractivity contribution in [2.75, 3.05) is 37.0 Å². The van der Waals surface area contributed by atoms with Crippen LogP contribution < -0.4 is 5.32 Å². The van der Waals surface area contributed by atoms with Crippen LogP contribution >= 0.6 is 11.3 Å². The quantitative estimate of drug-likeness (QED) is 0.842. The van der Waals surface area contributed by atoms with Gasteiger partial charge in [0.15, 0.2) is 0 Å². The van der Waals surface area contributed by atoms with Gasteiger partial charge in [0.1, 0.15) is 26.8 Å². The van der Waals surface area contributed by atoms with Crippen LogP contribution in [0.3, 0.4) is 0 Å². The molecule has 0 atom stereocenters. The van der Waals surface area contributed by atoms with E-state index >= 15 is 0 Å². The minimum absolute atomic E-state index is 0.242. The standard InChI is InChI=1S/C16H24N4O2S2/c1-3-13-10-14-15(17-11-18-16(14)23-13)19-12-4-6-20(7-5-12)8-9-24(2,21)22/h10-12H,3-9H2,1-2H3,(H,17,18,19). The molecule has 3 rings (SSSR count). The summed E-state index contributed by atoms with van der Waals surface area (Å²) in [5.41, 5.74) is 0. The predicted molar refractivity (Wildman–Crippen MR) is 99.6 cm³/mol. The van der Waals surface area contributed by atoms with Gasteiger partial charge in [-0.2, -0.15) is 0 Å². The number of anilines is 1. The van der Waals surface area contributed by atoms with E-state index in [1.54, 1.807) is 17.7 Å². The molecule has 2 aromatic rings. The Balaban J connectivity index is 1.59. The number of nitrogens with zero attached hydrogens (tertiary/aromatic N) is 3. The normalized spacial score (nSPS) is 17.4. The summed E-state index contributed by atoms with van der Waals surface area (Å²) in [6.07, 6.45) is 5.94. The molecule has 1 aliphatic heterocycles. The van der Waals surface area contributed by atoms with Crippen LogP contribution in [0.15, 0.2) is 12.4 Å². The average molecular weight is 369 g/mol. The number of nitrogens with one attached hydrogen (secondary N) is 1. The van der Waals surface area contributed by atoms with E-state index in [0.29, 0.717) is 12.6 Å². The van der Waals surface area contributed by atoms with Crippen molar-refractivity contribution in [2.24, 2.45) is 0 Å². The first-order valence-corrected chi connectivity index (χ1v) is 11.2. The Labute approximate surface area is 147 Å². The highest BCUT2D eigenvalue weighted by Gasteiger charge is 2.21. The molecule has 0 bridgehead atoms. The van der Waals surface area contributed by atoms with Crippen LogP contribution in [0.25, 0.3) is 10.2 Å². The van der Waals surface area contributed by atoms with Gasteiger partial charge in [-0.25, -0.2) is 18.4 Å². The van der Waals surface area contributed by atoms with E-state index in [9.17, 15) is 8.42 Å². The summed E-state index contributed by atoms with van der Waals surface area (Å²) in [5, 5.41) is 4.67. The lowest BCUT2D eigenvalue weighted by Gasteiger charge is -2.32. The summed E-state index contributed by atoms with van der Waals surface area (Å²) >= 11 is 1.73. The molecule has 24 heavy (non-hydrogen) atoms. The topological polar surface area (TPSA) is 75.2 Å². The van der Waals surface area contributed by atoms with Gasteiger partial charge in [0, 0.05) is 36.8 Å². The number of piperidine rings is 1. The molecule has 0 unspecified atom stereocenters. The second kappa shape index (κ2) is 7.33. The molecule has 0 aromatic carbocycles. The van der Waals surface area contributed by atoms with Crippen LogP contribution in [-0.4, -0.2) is 61.0 Å². The highest BCUT2D eigenvalue weighted by Crippen LogP contribution is 2.29. The molecule has 3 heterocycles. The summed E-state index contributed by atoms with van der Waals surface area (Å²) in [6, 6.07) is 2.56. The number of aromatic nitrogens is 2. The Morgan fingerprint density at radius 1 is 1.33 bits per heavy atom. The minimum atomic E-state index is -2.88. The lowest BCUT2D eigenvalue weighted by molar-refractivity contribution is 0.230. The molecule has 1 N–H and O–H groups in total. The van der Waals surface area contributed by atoms with Crippen molar-refractivity contribution >= 4 is 37.2 Å². The van der Waals surface area contributed by atoms with Gasteiger partial charge in [0.05, 0.1) is 11.1 Å². The highest BCUT2D eigenvalue weighted by molar-refractivity contribution is 7.90. The first-order valence-electron chi connectivity index (χ1n) is 8.34. The van der Waals surface area contributed by atoms with Crippen molar-refractivity contribution in [3.05, 3.63) is 17.3 Å². The van der Waals surface area contributed by atoms with Crippen LogP contribution in [0.5, 0.6) is 0 Å². The van der Waals surface area contributed by atoms with Crippen molar-refractivity contribution in [2.45, 2.75) is 32.2 Å². The number of sulfone groups is 1. The first-order chi connectivity index (χ1) is 11.4. The van der Waals surface area contributed by atoms with Crippen molar-refractivity contribution in [1.29, 1.82) is 0 Å². The molecule has 132 valence electrons. The molecular weight excluding hydrogens is 344 g/mol. The molecule has 2 aromatic heterocycles. The summed E-state index contributed by atoms with van der Waals surface area (Å²) in [7, 11) is -2.88. The lowest BCUT2D eigenvalue weighted by atomic mass is 10.1. The van der Waals surface area contributed by atoms with Crippen LogP contribution in [0, 0.1) is 0 Å². The number of fused-ring (bicyclic) bond motifs is 1. The third kappa shape index (κ3) is 4.43. The van der Waals surface area contributed by atoms with Gasteiger partial charge < -0.3 is 10.2 Å². The maximum atomic E-state index is 11.3. The molecule has 0 radical (unpaired) electrons. The Kier molecular flexibility index (Phi) is 5.36. The third-order valence-corrected chi connectivity index (χ3v) is 6.55. The fourth-order valence-electron chi connectivity index (χ4n) is 2.98. The van der Waals surface area contributed by atoms with Crippen LogP contribution in [0.4, 0.5) is 5.82 Å². The summed E-state index contributed by atoms with van der Waals surface area (Å²) < 4.78 is 22.6. The van der Waals surface area contributed by atoms with E-state index in [1.807, 2.05) is 0 Å². The van der Waals surface area contributed by atoms with E-state index < -0.39 is 9.84 Å². The monoisotopic (exact) mass is 368 g/mol. The number of hydrogen-bond donors (Lipinski definition) is 1. The lowest BCUT2D eigenvalue weighted by Crippen LogP contribution is -2.41. The zero-order valence-electron chi connectivity index (χ0n) is 14.2. The molecule has 0 amide bonds. The number of hydrogen-bond acceptors (Lipinski definition) is 7. The average Bonchev–Trinajstić information content (AvgIpc) is 2.98. The zero-order chi connectivity index (χ0) is 17.2. The number of rotatable bonds is 6. The van der Waals surface area contributed by atoms with Crippen LogP contribution in [0.1, 0.15) is 24.6 Å². The maximum absolute atomic E-state index is 11.3. The maximum Gasteiger partial charge on any atom is 0.148 e. The van der Waals surface area contributed by atoms with Crippen molar-refractivity contribution < 1.29 is 8.42 Å². The molecule has 1 aliphatic rings. The van der Waals surface area contributed by atoms with Crippen molar-refractivity contribution in [3.8, 4) is 0 Å². The molecule has 0 saturated carbocycles. The summed E-state index contributed by atoms with van der Waals surface area (Å²) in [5.74, 6) is 1.16. The minimum Gasteiger partial charge on any atom is -0.367 e. The summed E-state index contributed by atoms with van der Waals surface area (Å²) in [4.78, 5) is 13.4. The van der Waals surface area contributed by atoms with Gasteiger partial charge in [0.2, 0.25) is 0 Å². The van der Waals surface area contributed by atoms with Gasteiger partial charge >= 0.3 is 0 Å². The van der Waals surface area contributed by atoms with Crippen molar-refractivity contribution in [1.82, 2.24) is 14.9 Å². The molecule has 1 saturated heterocycles. The van der Waals surface area contributed by atoms with E-state index in [4.69, 9.17) is 0 Å². The largest absolute Gasteiger partial charge is 0.367 e. The van der Waals surface area contributed by atoms with Gasteiger partial charge in [-0.1, -0.05) is 6.92 Å². The number of likely N-dealkylation sites (tertiary alicyclic amines) is 1. The Bertz CT molecular complexity index is 796. The Hall–Kier alpha value is -1.25. The second-order valence-electron chi connectivity index (χ2n) is 6.40. The van der Waals surface area contributed by atoms with E-state index in [1.165, 1.54) is 11.1 Å². The Morgan fingerprint density at radius 2 is 2.08 bits per heavy atom. The van der Waals surface area contributed by atoms with Gasteiger partial charge in [-0.3, -0.25) is 0 Å². The Morgan fingerprint density at radius 3 is 2.75 bits per heavy atom. The summed E-state index contributed by atoms with van der Waals surface area (Å²) in [6.45, 7) is 4.63. The van der Waals surface area contributed by atoms with E-state index in [-0.39, 0.29) is 5.75 Å².